The molecule has 0 radical (unpaired) electrons. The Morgan fingerprint density at radius 1 is 0.438 bits per heavy atom. The Morgan fingerprint density at radius 3 is 1.30 bits per heavy atom. The minimum atomic E-state index is -4.64. The van der Waals surface area contributed by atoms with E-state index in [9.17, 15) is 51.9 Å². The highest BCUT2D eigenvalue weighted by molar-refractivity contribution is 7.86. The maximum atomic E-state index is 12.0. The second-order valence-electron chi connectivity index (χ2n) is 34.7. The van der Waals surface area contributed by atoms with Gasteiger partial charge in [-0.3, -0.25) is 0 Å². The highest BCUT2D eigenvalue weighted by Gasteiger charge is 2.48. The van der Waals surface area contributed by atoms with E-state index in [4.69, 9.17) is 33.9 Å². The zero-order chi connectivity index (χ0) is 93.8. The van der Waals surface area contributed by atoms with Gasteiger partial charge in [-0.25, -0.2) is 33.7 Å². The smallest absolute Gasteiger partial charge is 0.210 e. The van der Waals surface area contributed by atoms with Crippen molar-refractivity contribution in [2.24, 2.45) is 0 Å². The summed E-state index contributed by atoms with van der Waals surface area (Å²) in [5, 5.41) is 16.9. The number of anilines is 2. The van der Waals surface area contributed by atoms with Crippen molar-refractivity contribution in [1.82, 2.24) is 21.3 Å². The first kappa shape index (κ1) is 96.4. The Hall–Kier alpha value is -11.1. The van der Waals surface area contributed by atoms with Crippen LogP contribution < -0.4 is 40.5 Å². The van der Waals surface area contributed by atoms with Gasteiger partial charge in [0.1, 0.15) is 76.6 Å². The zero-order valence-corrected chi connectivity index (χ0v) is 80.6. The van der Waals surface area contributed by atoms with E-state index < -0.39 is 62.1 Å². The standard InChI is InChI=1S/C55H58N4O7S3.C47H54N4O7S3/c1-8-11-32-56-53(67)57-33-31-36-15-21-41(22-16-36)66-52-37(19-29-48-54(4,5)50-44-25-23-42(68(60,61)62)34-39(44)17-27-46(50)58(48)9-2)13-12-14-38(52)20-30-49-55(6,7)51-45-26-24-43(69(63,64)65)35-40(45)18-28-47(51)59(49)10-3;1-8-11-28-48-45(59)49-29-27-32-15-19-35(20-16-32)58-44-33(17-25-42-46(4,5)38-30-36(60(52,53)54)21-23-40(38)50(42)9-2)13-12-14-34(44)18-26-43-47(6,7)39-31-37(61(55,56)57)22-24-41(39)51(43)10-3/h15-30,34-35H,9-10,12-14,31-33H2,1-7H3,(H3-,56,57,60,61,62,63,64,65,67);15-26,30-31H,9-10,12-14,27-29H2,1-7H3,(H3-,48,49,52,53,54,55,56,57,59)/p-2. The Morgan fingerprint density at radius 2 is 0.838 bits per heavy atom. The van der Waals surface area contributed by atoms with Gasteiger partial charge in [-0.15, -0.1) is 11.8 Å². The van der Waals surface area contributed by atoms with Crippen molar-refractivity contribution in [3.63, 3.8) is 0 Å². The zero-order valence-electron chi connectivity index (χ0n) is 75.7. The summed E-state index contributed by atoms with van der Waals surface area (Å²) >= 11 is 10.7. The van der Waals surface area contributed by atoms with E-state index in [1.165, 1.54) is 48.5 Å². The lowest BCUT2D eigenvalue weighted by atomic mass is 9.78. The molecule has 2 aliphatic carbocycles. The lowest BCUT2D eigenvalue weighted by Crippen LogP contribution is -2.36. The van der Waals surface area contributed by atoms with Gasteiger partial charge in [0.05, 0.1) is 43.5 Å². The number of fused-ring (bicyclic) bond motifs is 8. The number of likely N-dealkylation sites (N-methyl/N-ethyl adjacent to an activating group) is 2. The van der Waals surface area contributed by atoms with Gasteiger partial charge < -0.3 is 58.8 Å². The maximum absolute atomic E-state index is 12.0. The monoisotopic (exact) mass is 1860 g/mol. The van der Waals surface area contributed by atoms with Gasteiger partial charge in [0.2, 0.25) is 11.4 Å². The number of nitrogens with one attached hydrogen (secondary N) is 4. The Balaban J connectivity index is 0.000000223. The predicted octanol–water partition coefficient (Wildman–Crippen LogP) is 17.6. The van der Waals surface area contributed by atoms with Crippen LogP contribution in [0, 0.1) is 23.7 Å². The third kappa shape index (κ3) is 20.5. The molecule has 0 amide bonds. The molecule has 0 bridgehead atoms. The number of nitrogens with zero attached hydrogens (tertiary/aromatic N) is 4. The Bertz CT molecular complexity index is 6870. The molecule has 4 aliphatic heterocycles. The number of rotatable bonds is 26. The number of ether oxygens (including phenoxy) is 2. The number of hydrogen-bond donors (Lipinski definition) is 4. The van der Waals surface area contributed by atoms with Crippen LogP contribution in [0.25, 0.3) is 21.5 Å². The van der Waals surface area contributed by atoms with Gasteiger partial charge in [-0.2, -0.15) is 9.15 Å². The van der Waals surface area contributed by atoms with Gasteiger partial charge in [0, 0.05) is 95.2 Å². The minimum Gasteiger partial charge on any atom is -0.744 e. The van der Waals surface area contributed by atoms with Crippen LogP contribution in [0.5, 0.6) is 11.5 Å². The van der Waals surface area contributed by atoms with E-state index in [0.29, 0.717) is 84.9 Å². The summed E-state index contributed by atoms with van der Waals surface area (Å²) in [4.78, 5) is 3.46. The lowest BCUT2D eigenvalue weighted by Gasteiger charge is -2.27. The molecule has 14 rings (SSSR count). The summed E-state index contributed by atoms with van der Waals surface area (Å²) in [7, 11) is -18.5. The molecule has 4 N–H and O–H groups in total. The van der Waals surface area contributed by atoms with Crippen LogP contribution in [0.15, 0.2) is 259 Å². The second-order valence-corrected chi connectivity index (χ2v) is 41.1. The molecule has 22 nitrogen and oxygen atoms in total. The average Bonchev–Trinajstić information content (AvgIpc) is 1.60. The van der Waals surface area contributed by atoms with E-state index in [-0.39, 0.29) is 19.6 Å². The second kappa shape index (κ2) is 39.1. The molecule has 0 saturated carbocycles. The molecule has 0 aromatic heterocycles. The summed E-state index contributed by atoms with van der Waals surface area (Å²) in [5.74, 6) is 14.5. The van der Waals surface area contributed by atoms with Crippen molar-refractivity contribution in [1.29, 1.82) is 0 Å². The molecule has 0 spiro atoms. The van der Waals surface area contributed by atoms with E-state index >= 15 is 0 Å². The first-order valence-corrected chi connectivity index (χ1v) is 50.2. The summed E-state index contributed by atoms with van der Waals surface area (Å²) in [6.45, 7) is 33.7. The molecular formula is C102H110N8O14S6-2. The van der Waals surface area contributed by atoms with Crippen LogP contribution in [0.4, 0.5) is 22.7 Å². The van der Waals surface area contributed by atoms with Crippen LogP contribution in [0.3, 0.4) is 0 Å². The Labute approximate surface area is 776 Å². The van der Waals surface area contributed by atoms with Crippen molar-refractivity contribution in [3.05, 3.63) is 273 Å². The highest BCUT2D eigenvalue weighted by atomic mass is 32.2. The third-order valence-corrected chi connectivity index (χ3v) is 29.1. The minimum absolute atomic E-state index is 0.247. The SMILES string of the molecule is CC#CCNC(=S)NCCc1ccc(OC2=C(/C=C/C3=[N+](CC)c4ccc(S(=O)(=O)[O-])cc4C3(C)C)CCC/C2=C\C=C2\N(CC)c3ccc(S(=O)(=O)[O-])cc3C2(C)C)cc1.CC#CCNC(=S)NCCc1ccc(OC2=C(/C=C/C3=[N+](CC)c4ccc5cc(S(=O)(=O)[O-])ccc5c4C3(C)C)CCC/C2=C\C=C2\N(CC)c3ccc4cc(S(=O)(=O)[O-])ccc4c3C2(C)C)cc1. The third-order valence-electron chi connectivity index (χ3n) is 25.2. The summed E-state index contributed by atoms with van der Waals surface area (Å²) in [6.07, 6.45) is 23.4. The molecule has 0 fully saturated rings. The first-order valence-electron chi connectivity index (χ1n) is 43.7. The highest BCUT2D eigenvalue weighted by Crippen LogP contribution is 2.53. The molecule has 8 aromatic rings. The molecule has 4 heterocycles. The van der Waals surface area contributed by atoms with Gasteiger partial charge in [-0.05, 0) is 326 Å². The van der Waals surface area contributed by atoms with Gasteiger partial charge in [0.15, 0.2) is 21.6 Å². The normalized spacial score (nSPS) is 18.0. The van der Waals surface area contributed by atoms with Gasteiger partial charge >= 0.3 is 0 Å². The molecule has 130 heavy (non-hydrogen) atoms. The lowest BCUT2D eigenvalue weighted by molar-refractivity contribution is -0.433. The van der Waals surface area contributed by atoms with Gasteiger partial charge in [0.25, 0.3) is 0 Å². The van der Waals surface area contributed by atoms with Crippen molar-refractivity contribution < 1.29 is 70.5 Å². The quantitative estimate of drug-likeness (QED) is 0.0169. The van der Waals surface area contributed by atoms with E-state index in [1.54, 1.807) is 38.1 Å². The van der Waals surface area contributed by atoms with Crippen molar-refractivity contribution in [2.75, 3.05) is 62.2 Å². The van der Waals surface area contributed by atoms with Crippen molar-refractivity contribution in [2.45, 2.75) is 190 Å². The molecular weight excluding hydrogens is 1750 g/mol. The average molecular weight is 1860 g/mol. The molecule has 28 heteroatoms. The summed E-state index contributed by atoms with van der Waals surface area (Å²) in [5.41, 5.74) is 15.7. The molecule has 0 saturated heterocycles. The Kier molecular flexibility index (Phi) is 29.0. The predicted molar refractivity (Wildman–Crippen MR) is 520 cm³/mol. The molecule has 0 unspecified atom stereocenters. The topological polar surface area (TPSA) is 308 Å². The van der Waals surface area contributed by atoms with Crippen molar-refractivity contribution in [3.8, 4) is 35.2 Å². The van der Waals surface area contributed by atoms with Crippen LogP contribution in [-0.2, 0) is 75.0 Å². The van der Waals surface area contributed by atoms with E-state index in [0.717, 1.165) is 175 Å². The van der Waals surface area contributed by atoms with Crippen LogP contribution in [0.1, 0.15) is 169 Å². The van der Waals surface area contributed by atoms with Crippen molar-refractivity contribution >= 4 is 131 Å². The van der Waals surface area contributed by atoms with E-state index in [1.807, 2.05) is 102 Å². The summed E-state index contributed by atoms with van der Waals surface area (Å²) in [6, 6.07) is 42.4. The largest absolute Gasteiger partial charge is 0.744 e. The molecule has 680 valence electrons. The van der Waals surface area contributed by atoms with Crippen LogP contribution >= 0.6 is 24.4 Å². The molecule has 0 atom stereocenters. The number of allylic oxidation sites excluding steroid dienone is 14. The van der Waals surface area contributed by atoms with Crippen LogP contribution in [0.2, 0.25) is 0 Å². The molecule has 6 aliphatic rings. The fourth-order valence-corrected chi connectivity index (χ4v) is 21.1. The fraction of sp³-hybridized carbons (Fsp3) is 0.333. The number of hydrogen-bond acceptors (Lipinski definition) is 18. The first-order chi connectivity index (χ1) is 61.6. The fourth-order valence-electron chi connectivity index (χ4n) is 18.7. The molecule has 8 aromatic carbocycles. The maximum Gasteiger partial charge on any atom is 0.210 e. The number of thiocarbonyl (C=S) groups is 2. The van der Waals surface area contributed by atoms with Gasteiger partial charge in [-0.1, -0.05) is 94.2 Å². The van der Waals surface area contributed by atoms with E-state index in [2.05, 4.69) is 166 Å². The number of benzene rings is 8. The summed E-state index contributed by atoms with van der Waals surface area (Å²) < 4.78 is 162. The van der Waals surface area contributed by atoms with Crippen LogP contribution in [-0.4, -0.2) is 135 Å².